The van der Waals surface area contributed by atoms with Crippen molar-refractivity contribution in [3.8, 4) is 0 Å². The third kappa shape index (κ3) is 1.69. The molecule has 7 heteroatoms. The third-order valence-electron chi connectivity index (χ3n) is 2.85. The van der Waals surface area contributed by atoms with Gasteiger partial charge in [-0.05, 0) is 12.8 Å². The van der Waals surface area contributed by atoms with Crippen LogP contribution in [0.4, 0.5) is 0 Å². The summed E-state index contributed by atoms with van der Waals surface area (Å²) in [6, 6.07) is 0.0141. The molecule has 2 aliphatic rings. The maximum atomic E-state index is 11.3. The highest BCUT2D eigenvalue weighted by Crippen LogP contribution is 2.35. The van der Waals surface area contributed by atoms with Crippen LogP contribution in [0.1, 0.15) is 19.8 Å². The Labute approximate surface area is 87.7 Å². The van der Waals surface area contributed by atoms with Crippen molar-refractivity contribution in [3.05, 3.63) is 0 Å². The number of rotatable bonds is 3. The zero-order chi connectivity index (χ0) is 11.3. The molecular formula is C8H13NO5S. The predicted octanol–water partition coefficient (Wildman–Crippen LogP) is -0.485. The highest BCUT2D eigenvalue weighted by atomic mass is 32.2. The summed E-state index contributed by atoms with van der Waals surface area (Å²) < 4.78 is 36.7. The van der Waals surface area contributed by atoms with Gasteiger partial charge >= 0.3 is 10.1 Å². The van der Waals surface area contributed by atoms with E-state index in [1.165, 1.54) is 6.92 Å². The van der Waals surface area contributed by atoms with E-state index in [1.54, 1.807) is 0 Å². The lowest BCUT2D eigenvalue weighted by Crippen LogP contribution is -2.56. The van der Waals surface area contributed by atoms with Crippen LogP contribution in [0.5, 0.6) is 0 Å². The number of carbonyl (C=O) groups excluding carboxylic acids is 1. The monoisotopic (exact) mass is 235 g/mol. The molecule has 0 aromatic rings. The number of hydrogen-bond donors (Lipinski definition) is 2. The van der Waals surface area contributed by atoms with E-state index in [1.807, 2.05) is 0 Å². The molecule has 15 heavy (non-hydrogen) atoms. The summed E-state index contributed by atoms with van der Waals surface area (Å²) >= 11 is 0. The molecule has 1 saturated heterocycles. The van der Waals surface area contributed by atoms with Crippen LogP contribution in [0.3, 0.4) is 0 Å². The predicted molar refractivity (Wildman–Crippen MR) is 50.6 cm³/mol. The fourth-order valence-corrected chi connectivity index (χ4v) is 2.79. The number of ether oxygens (including phenoxy) is 1. The largest absolute Gasteiger partial charge is 0.337 e. The van der Waals surface area contributed by atoms with Crippen LogP contribution < -0.4 is 5.32 Å². The van der Waals surface area contributed by atoms with E-state index >= 15 is 0 Å². The smallest absolute Gasteiger partial charge is 0.310 e. The SMILES string of the molecule is CC1C(=O)COC1(NC1CC1)S(=O)(=O)O. The van der Waals surface area contributed by atoms with E-state index in [2.05, 4.69) is 5.32 Å². The van der Waals surface area contributed by atoms with E-state index in [0.717, 1.165) is 12.8 Å². The topological polar surface area (TPSA) is 92.7 Å². The van der Waals surface area contributed by atoms with Crippen molar-refractivity contribution >= 4 is 15.9 Å². The standard InChI is InChI=1S/C8H13NO5S/c1-5-7(10)4-14-8(5,15(11,12)13)9-6-2-3-6/h5-6,9H,2-4H2,1H3,(H,11,12,13). The zero-order valence-corrected chi connectivity index (χ0v) is 9.08. The first-order valence-electron chi connectivity index (χ1n) is 4.78. The lowest BCUT2D eigenvalue weighted by atomic mass is 10.1. The van der Waals surface area contributed by atoms with Crippen LogP contribution >= 0.6 is 0 Å². The van der Waals surface area contributed by atoms with Gasteiger partial charge in [-0.3, -0.25) is 14.7 Å². The Hall–Kier alpha value is -0.500. The quantitative estimate of drug-likeness (QED) is 0.641. The molecule has 0 aromatic heterocycles. The number of Topliss-reactive ketones (excluding diaryl/α,β-unsaturated/α-hetero) is 1. The molecule has 1 aliphatic heterocycles. The first-order chi connectivity index (χ1) is 6.87. The Balaban J connectivity index is 2.34. The van der Waals surface area contributed by atoms with Crippen molar-refractivity contribution in [2.75, 3.05) is 6.61 Å². The lowest BCUT2D eigenvalue weighted by Gasteiger charge is -2.29. The van der Waals surface area contributed by atoms with Gasteiger partial charge in [0.25, 0.3) is 5.06 Å². The summed E-state index contributed by atoms with van der Waals surface area (Å²) in [6.07, 6.45) is 1.67. The number of nitrogens with one attached hydrogen (secondary N) is 1. The summed E-state index contributed by atoms with van der Waals surface area (Å²) in [5.41, 5.74) is 0. The molecule has 1 saturated carbocycles. The van der Waals surface area contributed by atoms with Crippen molar-refractivity contribution in [1.29, 1.82) is 0 Å². The minimum atomic E-state index is -4.46. The average molecular weight is 235 g/mol. The number of carbonyl (C=O) groups is 1. The minimum Gasteiger partial charge on any atom is -0.337 e. The number of ketones is 1. The summed E-state index contributed by atoms with van der Waals surface area (Å²) in [7, 11) is -4.46. The second kappa shape index (κ2) is 3.24. The van der Waals surface area contributed by atoms with Gasteiger partial charge in [0.05, 0.1) is 5.92 Å². The Morgan fingerprint density at radius 1 is 1.53 bits per heavy atom. The van der Waals surface area contributed by atoms with Gasteiger partial charge in [0.2, 0.25) is 0 Å². The van der Waals surface area contributed by atoms with Gasteiger partial charge in [0, 0.05) is 6.04 Å². The molecule has 0 amide bonds. The first-order valence-corrected chi connectivity index (χ1v) is 6.22. The number of hydrogen-bond acceptors (Lipinski definition) is 5. The Bertz CT molecular complexity index is 388. The Morgan fingerprint density at radius 2 is 2.13 bits per heavy atom. The van der Waals surface area contributed by atoms with Gasteiger partial charge < -0.3 is 4.74 Å². The van der Waals surface area contributed by atoms with Crippen LogP contribution in [0.15, 0.2) is 0 Å². The molecule has 2 atom stereocenters. The van der Waals surface area contributed by atoms with Crippen LogP contribution in [0.25, 0.3) is 0 Å². The molecule has 0 aromatic carbocycles. The van der Waals surface area contributed by atoms with Gasteiger partial charge in [0.15, 0.2) is 5.78 Å². The van der Waals surface area contributed by atoms with Crippen LogP contribution in [0, 0.1) is 5.92 Å². The highest BCUT2D eigenvalue weighted by molar-refractivity contribution is 7.87. The van der Waals surface area contributed by atoms with Crippen molar-refractivity contribution in [1.82, 2.24) is 5.32 Å². The molecule has 1 heterocycles. The lowest BCUT2D eigenvalue weighted by molar-refractivity contribution is -0.120. The van der Waals surface area contributed by atoms with Gasteiger partial charge in [-0.25, -0.2) is 0 Å². The molecule has 1 aliphatic carbocycles. The maximum absolute atomic E-state index is 11.3. The van der Waals surface area contributed by atoms with Gasteiger partial charge in [0.1, 0.15) is 6.61 Å². The molecule has 0 bridgehead atoms. The molecule has 2 N–H and O–H groups in total. The second-order valence-corrected chi connectivity index (χ2v) is 5.59. The van der Waals surface area contributed by atoms with Crippen molar-refractivity contribution in [3.63, 3.8) is 0 Å². The van der Waals surface area contributed by atoms with E-state index in [9.17, 15) is 13.2 Å². The molecule has 2 fully saturated rings. The van der Waals surface area contributed by atoms with Crippen LogP contribution in [0.2, 0.25) is 0 Å². The Morgan fingerprint density at radius 3 is 2.47 bits per heavy atom. The molecule has 0 spiro atoms. The van der Waals surface area contributed by atoms with Crippen molar-refractivity contribution in [2.24, 2.45) is 5.92 Å². The van der Waals surface area contributed by atoms with Crippen molar-refractivity contribution in [2.45, 2.75) is 30.9 Å². The molecule has 86 valence electrons. The van der Waals surface area contributed by atoms with Gasteiger partial charge in [-0.1, -0.05) is 6.92 Å². The molecular weight excluding hydrogens is 222 g/mol. The molecule has 2 rings (SSSR count). The fourth-order valence-electron chi connectivity index (χ4n) is 1.69. The summed E-state index contributed by atoms with van der Waals surface area (Å²) in [5.74, 6) is -1.20. The summed E-state index contributed by atoms with van der Waals surface area (Å²) in [4.78, 5) is 11.3. The average Bonchev–Trinajstić information content (AvgIpc) is 2.87. The highest BCUT2D eigenvalue weighted by Gasteiger charge is 2.58. The van der Waals surface area contributed by atoms with E-state index in [-0.39, 0.29) is 18.4 Å². The van der Waals surface area contributed by atoms with Crippen molar-refractivity contribution < 1.29 is 22.5 Å². The minimum absolute atomic E-state index is 0.0141. The first kappa shape index (κ1) is 11.0. The van der Waals surface area contributed by atoms with Crippen LogP contribution in [-0.4, -0.2) is 36.5 Å². The molecule has 6 nitrogen and oxygen atoms in total. The summed E-state index contributed by atoms with van der Waals surface area (Å²) in [6.45, 7) is 1.17. The van der Waals surface area contributed by atoms with E-state index in [0.29, 0.717) is 0 Å². The molecule has 0 radical (unpaired) electrons. The summed E-state index contributed by atoms with van der Waals surface area (Å²) in [5, 5.41) is 0.780. The Kier molecular flexibility index (Phi) is 2.38. The fraction of sp³-hybridized carbons (Fsp3) is 0.875. The molecule has 2 unspecified atom stereocenters. The zero-order valence-electron chi connectivity index (χ0n) is 8.26. The second-order valence-electron chi connectivity index (χ2n) is 4.04. The third-order valence-corrected chi connectivity index (χ3v) is 4.20. The van der Waals surface area contributed by atoms with E-state index in [4.69, 9.17) is 9.29 Å². The van der Waals surface area contributed by atoms with Gasteiger partial charge in [-0.15, -0.1) is 0 Å². The van der Waals surface area contributed by atoms with Gasteiger partial charge in [-0.2, -0.15) is 8.42 Å². The van der Waals surface area contributed by atoms with E-state index < -0.39 is 21.1 Å². The van der Waals surface area contributed by atoms with Crippen LogP contribution in [-0.2, 0) is 19.6 Å². The maximum Gasteiger partial charge on any atom is 0.310 e. The normalized spacial score (nSPS) is 37.2.